The first kappa shape index (κ1) is 34.2. The van der Waals surface area contributed by atoms with Gasteiger partial charge in [-0.3, -0.25) is 0 Å². The Kier molecular flexibility index (Phi) is 9.07. The minimum atomic E-state index is 0.638. The maximum absolute atomic E-state index is 5.11. The van der Waals surface area contributed by atoms with E-state index in [0.29, 0.717) is 17.5 Å². The van der Waals surface area contributed by atoms with Crippen molar-refractivity contribution in [2.24, 2.45) is 0 Å². The third kappa shape index (κ3) is 6.84. The Morgan fingerprint density at radius 2 is 0.649 bits per heavy atom. The van der Waals surface area contributed by atoms with Gasteiger partial charge in [-0.15, -0.1) is 11.3 Å². The zero-order chi connectivity index (χ0) is 38.0. The van der Waals surface area contributed by atoms with Crippen LogP contribution in [0.25, 0.3) is 99.2 Å². The highest BCUT2D eigenvalue weighted by Gasteiger charge is 2.20. The van der Waals surface area contributed by atoms with Crippen molar-refractivity contribution in [3.05, 3.63) is 212 Å². The minimum Gasteiger partial charge on any atom is -0.208 e. The maximum atomic E-state index is 5.11. The predicted molar refractivity (Wildman–Crippen MR) is 239 cm³/mol. The van der Waals surface area contributed by atoms with Crippen LogP contribution in [0.1, 0.15) is 0 Å². The van der Waals surface area contributed by atoms with Crippen LogP contribution in [0.3, 0.4) is 0 Å². The average molecular weight is 746 g/mol. The number of hydrogen-bond donors (Lipinski definition) is 0. The Morgan fingerprint density at radius 1 is 0.281 bits per heavy atom. The fourth-order valence-corrected chi connectivity index (χ4v) is 8.59. The lowest BCUT2D eigenvalue weighted by atomic mass is 9.83. The highest BCUT2D eigenvalue weighted by molar-refractivity contribution is 7.22. The third-order valence-electron chi connectivity index (χ3n) is 10.4. The lowest BCUT2D eigenvalue weighted by Crippen LogP contribution is -1.99. The standard InChI is InChI=1S/C53H35N3S/c1-5-15-36(16-6-1)37-25-29-42(30-26-37)51-54-52(56-53(55-51)48-35-44-23-13-14-24-47(44)57-48)43-31-27-39(28-32-43)46-34-33-45(38-17-7-2-8-18-38)49(40-19-9-3-10-20-40)50(46)41-21-11-4-12-22-41/h1-35H. The van der Waals surface area contributed by atoms with Gasteiger partial charge in [-0.25, -0.2) is 15.0 Å². The van der Waals surface area contributed by atoms with Gasteiger partial charge in [-0.2, -0.15) is 0 Å². The summed E-state index contributed by atoms with van der Waals surface area (Å²) in [7, 11) is 0. The van der Waals surface area contributed by atoms with Crippen LogP contribution in [0, 0.1) is 0 Å². The van der Waals surface area contributed by atoms with Crippen LogP contribution in [0.2, 0.25) is 0 Å². The molecule has 0 unspecified atom stereocenters. The molecule has 0 amide bonds. The molecule has 0 saturated heterocycles. The van der Waals surface area contributed by atoms with Crippen LogP contribution >= 0.6 is 11.3 Å². The molecule has 268 valence electrons. The van der Waals surface area contributed by atoms with E-state index in [-0.39, 0.29) is 0 Å². The molecule has 10 rings (SSSR count). The SMILES string of the molecule is c1ccc(-c2ccc(-c3nc(-c4ccc(-c5ccc(-c6ccccc6)c(-c6ccccc6)c5-c5ccccc5)cc4)nc(-c4cc5ccccc5s4)n3)cc2)cc1. The van der Waals surface area contributed by atoms with Crippen molar-refractivity contribution in [1.82, 2.24) is 15.0 Å². The predicted octanol–water partition coefficient (Wildman–Crippen LogP) is 14.4. The summed E-state index contributed by atoms with van der Waals surface area (Å²) in [4.78, 5) is 16.3. The molecule has 0 radical (unpaired) electrons. The Bertz CT molecular complexity index is 2930. The Balaban J connectivity index is 1.10. The number of benzene rings is 8. The summed E-state index contributed by atoms with van der Waals surface area (Å²) in [5.41, 5.74) is 13.6. The first-order valence-corrected chi connectivity index (χ1v) is 19.9. The number of hydrogen-bond acceptors (Lipinski definition) is 4. The van der Waals surface area contributed by atoms with Gasteiger partial charge in [0.15, 0.2) is 17.5 Å². The quantitative estimate of drug-likeness (QED) is 0.155. The summed E-state index contributed by atoms with van der Waals surface area (Å²) < 4.78 is 1.20. The van der Waals surface area contributed by atoms with Gasteiger partial charge in [0.25, 0.3) is 0 Å². The molecule has 4 heteroatoms. The molecule has 8 aromatic carbocycles. The smallest absolute Gasteiger partial charge is 0.174 e. The zero-order valence-electron chi connectivity index (χ0n) is 31.0. The van der Waals surface area contributed by atoms with Crippen molar-refractivity contribution in [2.45, 2.75) is 0 Å². The molecule has 0 bridgehead atoms. The van der Waals surface area contributed by atoms with E-state index in [1.54, 1.807) is 11.3 Å². The summed E-state index contributed by atoms with van der Waals surface area (Å²) in [6.07, 6.45) is 0. The van der Waals surface area contributed by atoms with Crippen molar-refractivity contribution in [2.75, 3.05) is 0 Å². The highest BCUT2D eigenvalue weighted by atomic mass is 32.1. The fourth-order valence-electron chi connectivity index (χ4n) is 7.59. The molecule has 0 saturated carbocycles. The maximum Gasteiger partial charge on any atom is 0.174 e. The lowest BCUT2D eigenvalue weighted by Gasteiger charge is -2.21. The van der Waals surface area contributed by atoms with Gasteiger partial charge < -0.3 is 0 Å². The van der Waals surface area contributed by atoms with Gasteiger partial charge >= 0.3 is 0 Å². The largest absolute Gasteiger partial charge is 0.208 e. The van der Waals surface area contributed by atoms with E-state index < -0.39 is 0 Å². The van der Waals surface area contributed by atoms with E-state index in [0.717, 1.165) is 32.7 Å². The average Bonchev–Trinajstić information content (AvgIpc) is 3.75. The molecule has 57 heavy (non-hydrogen) atoms. The zero-order valence-corrected chi connectivity index (χ0v) is 31.8. The molecule has 0 aliphatic rings. The summed E-state index contributed by atoms with van der Waals surface area (Å²) in [5.74, 6) is 1.95. The molecule has 0 aliphatic carbocycles. The lowest BCUT2D eigenvalue weighted by molar-refractivity contribution is 1.08. The van der Waals surface area contributed by atoms with Crippen LogP contribution in [0.5, 0.6) is 0 Å². The fraction of sp³-hybridized carbons (Fsp3) is 0. The van der Waals surface area contributed by atoms with Crippen LogP contribution in [0.4, 0.5) is 0 Å². The van der Waals surface area contributed by atoms with Gasteiger partial charge in [0.05, 0.1) is 4.88 Å². The van der Waals surface area contributed by atoms with Crippen molar-refractivity contribution < 1.29 is 0 Å². The van der Waals surface area contributed by atoms with E-state index in [1.165, 1.54) is 49.0 Å². The third-order valence-corrected chi connectivity index (χ3v) is 11.5. The number of aromatic nitrogens is 3. The van der Waals surface area contributed by atoms with Crippen LogP contribution in [-0.4, -0.2) is 15.0 Å². The Hall–Kier alpha value is -7.27. The van der Waals surface area contributed by atoms with Gasteiger partial charge in [0, 0.05) is 15.8 Å². The first-order valence-electron chi connectivity index (χ1n) is 19.1. The highest BCUT2D eigenvalue weighted by Crippen LogP contribution is 2.46. The van der Waals surface area contributed by atoms with Crippen molar-refractivity contribution in [3.8, 4) is 89.1 Å². The molecule has 0 spiro atoms. The topological polar surface area (TPSA) is 38.7 Å². The Morgan fingerprint density at radius 3 is 1.16 bits per heavy atom. The second-order valence-electron chi connectivity index (χ2n) is 14.0. The molecule has 0 N–H and O–H groups in total. The normalized spacial score (nSPS) is 11.2. The van der Waals surface area contributed by atoms with Crippen molar-refractivity contribution >= 4 is 21.4 Å². The molecule has 10 aromatic rings. The van der Waals surface area contributed by atoms with Gasteiger partial charge in [-0.05, 0) is 73.2 Å². The van der Waals surface area contributed by atoms with E-state index in [9.17, 15) is 0 Å². The monoisotopic (exact) mass is 745 g/mol. The molecule has 2 aromatic heterocycles. The summed E-state index contributed by atoms with van der Waals surface area (Å²) in [5, 5.41) is 1.18. The van der Waals surface area contributed by atoms with Gasteiger partial charge in [0.1, 0.15) is 0 Å². The van der Waals surface area contributed by atoms with Crippen molar-refractivity contribution in [1.29, 1.82) is 0 Å². The summed E-state index contributed by atoms with van der Waals surface area (Å²) in [6, 6.07) is 74.9. The van der Waals surface area contributed by atoms with Crippen LogP contribution in [-0.2, 0) is 0 Å². The van der Waals surface area contributed by atoms with Crippen LogP contribution < -0.4 is 0 Å². The van der Waals surface area contributed by atoms with E-state index in [4.69, 9.17) is 15.0 Å². The van der Waals surface area contributed by atoms with Crippen LogP contribution in [0.15, 0.2) is 212 Å². The van der Waals surface area contributed by atoms with E-state index in [1.807, 2.05) is 6.07 Å². The number of nitrogens with zero attached hydrogens (tertiary/aromatic N) is 3. The second-order valence-corrected chi connectivity index (χ2v) is 15.1. The van der Waals surface area contributed by atoms with E-state index in [2.05, 4.69) is 206 Å². The summed E-state index contributed by atoms with van der Waals surface area (Å²) in [6.45, 7) is 0. The minimum absolute atomic E-state index is 0.638. The summed E-state index contributed by atoms with van der Waals surface area (Å²) >= 11 is 1.70. The number of thiophene rings is 1. The second kappa shape index (κ2) is 15.1. The molecule has 0 atom stereocenters. The molecule has 3 nitrogen and oxygen atoms in total. The first-order chi connectivity index (χ1) is 28.2. The molecule has 0 fully saturated rings. The molecule has 2 heterocycles. The molecular formula is C53H35N3S. The van der Waals surface area contributed by atoms with Gasteiger partial charge in [0.2, 0.25) is 0 Å². The van der Waals surface area contributed by atoms with Crippen molar-refractivity contribution in [3.63, 3.8) is 0 Å². The molecular weight excluding hydrogens is 711 g/mol. The number of rotatable bonds is 8. The van der Waals surface area contributed by atoms with E-state index >= 15 is 0 Å². The Labute approximate surface area is 336 Å². The molecule has 0 aliphatic heterocycles. The number of fused-ring (bicyclic) bond motifs is 1. The van der Waals surface area contributed by atoms with Gasteiger partial charge in [-0.1, -0.05) is 200 Å².